The van der Waals surface area contributed by atoms with Gasteiger partial charge in [0.25, 0.3) is 5.91 Å². The molecule has 4 N–H and O–H groups in total. The van der Waals surface area contributed by atoms with Gasteiger partial charge in [-0.1, -0.05) is 37.3 Å². The number of hydrogen-bond donors (Lipinski definition) is 4. The molecule has 8 nitrogen and oxygen atoms in total. The van der Waals surface area contributed by atoms with E-state index in [9.17, 15) is 15.0 Å². The molecule has 0 saturated heterocycles. The van der Waals surface area contributed by atoms with Gasteiger partial charge in [0.15, 0.2) is 0 Å². The number of carbonyl (C=O) groups excluding carboxylic acids is 1. The van der Waals surface area contributed by atoms with E-state index in [0.29, 0.717) is 17.3 Å². The van der Waals surface area contributed by atoms with E-state index in [0.717, 1.165) is 17.5 Å². The van der Waals surface area contributed by atoms with Crippen molar-refractivity contribution in [2.45, 2.75) is 32.4 Å². The van der Waals surface area contributed by atoms with Gasteiger partial charge in [-0.3, -0.25) is 4.79 Å². The van der Waals surface area contributed by atoms with Crippen LogP contribution in [0.2, 0.25) is 0 Å². The van der Waals surface area contributed by atoms with E-state index in [2.05, 4.69) is 20.6 Å². The molecule has 3 aromatic rings. The number of aryl methyl sites for hydroxylation is 1. The molecular formula is C22H27N5O3. The lowest BCUT2D eigenvalue weighted by molar-refractivity contribution is 0.0916. The van der Waals surface area contributed by atoms with Crippen molar-refractivity contribution >= 4 is 11.9 Å². The highest BCUT2D eigenvalue weighted by Crippen LogP contribution is 2.17. The highest BCUT2D eigenvalue weighted by Gasteiger charge is 2.17. The second kappa shape index (κ2) is 10.00. The number of aromatic nitrogens is 3. The molecule has 1 unspecified atom stereocenters. The Labute approximate surface area is 175 Å². The van der Waals surface area contributed by atoms with Crippen LogP contribution in [-0.4, -0.2) is 49.9 Å². The van der Waals surface area contributed by atoms with Crippen molar-refractivity contribution in [2.75, 3.05) is 18.5 Å². The van der Waals surface area contributed by atoms with Crippen LogP contribution < -0.4 is 10.6 Å². The van der Waals surface area contributed by atoms with Crippen molar-refractivity contribution < 1.29 is 15.0 Å². The summed E-state index contributed by atoms with van der Waals surface area (Å²) in [4.78, 5) is 21.5. The number of nitrogens with zero attached hydrogens (tertiary/aromatic N) is 3. The molecule has 0 aliphatic heterocycles. The average molecular weight is 409 g/mol. The molecule has 0 radical (unpaired) electrons. The fourth-order valence-electron chi connectivity index (χ4n) is 3.05. The predicted octanol–water partition coefficient (Wildman–Crippen LogP) is 2.22. The number of carbonyl (C=O) groups is 1. The first-order chi connectivity index (χ1) is 14.5. The minimum Gasteiger partial charge on any atom is -0.394 e. The van der Waals surface area contributed by atoms with Crippen molar-refractivity contribution in [3.05, 3.63) is 71.7 Å². The molecule has 0 bridgehead atoms. The summed E-state index contributed by atoms with van der Waals surface area (Å²) in [7, 11) is 0. The zero-order chi connectivity index (χ0) is 21.5. The molecule has 1 amide bonds. The molecule has 2 aromatic heterocycles. The number of hydrogen-bond acceptors (Lipinski definition) is 6. The molecule has 0 aliphatic rings. The Morgan fingerprint density at radius 1 is 1.17 bits per heavy atom. The van der Waals surface area contributed by atoms with E-state index in [4.69, 9.17) is 0 Å². The quantitative estimate of drug-likeness (QED) is 0.431. The SMILES string of the molecule is CC[C@H](CO)Nc1ncc(C)c(-n2ccc(C(=O)NC(CO)c3ccccc3)c2)n1. The zero-order valence-corrected chi connectivity index (χ0v) is 17.1. The van der Waals surface area contributed by atoms with Gasteiger partial charge < -0.3 is 25.4 Å². The molecule has 1 aromatic carbocycles. The zero-order valence-electron chi connectivity index (χ0n) is 17.1. The Bertz CT molecular complexity index is 970. The van der Waals surface area contributed by atoms with Crippen molar-refractivity contribution in [3.63, 3.8) is 0 Å². The second-order valence-corrected chi connectivity index (χ2v) is 7.06. The Hall–Kier alpha value is -3.23. The summed E-state index contributed by atoms with van der Waals surface area (Å²) < 4.78 is 1.76. The first-order valence-electron chi connectivity index (χ1n) is 9.91. The van der Waals surface area contributed by atoms with Crippen molar-refractivity contribution in [1.29, 1.82) is 0 Å². The standard InChI is InChI=1S/C22H27N5O3/c1-3-18(13-28)24-22-23-11-15(2)20(26-22)27-10-9-17(12-27)21(30)25-19(14-29)16-7-5-4-6-8-16/h4-12,18-19,28-29H,3,13-14H2,1-2H3,(H,25,30)(H,23,24,26)/t18-,19?/m1/s1. The number of aliphatic hydroxyl groups excluding tert-OH is 2. The lowest BCUT2D eigenvalue weighted by Crippen LogP contribution is -2.30. The number of anilines is 1. The van der Waals surface area contributed by atoms with Crippen LogP contribution in [0.3, 0.4) is 0 Å². The largest absolute Gasteiger partial charge is 0.394 e. The smallest absolute Gasteiger partial charge is 0.253 e. The van der Waals surface area contributed by atoms with E-state index in [1.807, 2.05) is 44.2 Å². The van der Waals surface area contributed by atoms with Gasteiger partial charge in [-0.25, -0.2) is 4.98 Å². The Balaban J connectivity index is 1.78. The fraction of sp³-hybridized carbons (Fsp3) is 0.318. The second-order valence-electron chi connectivity index (χ2n) is 7.06. The van der Waals surface area contributed by atoms with Crippen LogP contribution in [-0.2, 0) is 0 Å². The molecule has 158 valence electrons. The fourth-order valence-corrected chi connectivity index (χ4v) is 3.05. The van der Waals surface area contributed by atoms with Crippen molar-refractivity contribution in [2.24, 2.45) is 0 Å². The van der Waals surface area contributed by atoms with E-state index in [1.54, 1.807) is 29.2 Å². The molecule has 2 atom stereocenters. The summed E-state index contributed by atoms with van der Waals surface area (Å²) in [6.07, 6.45) is 5.89. The van der Waals surface area contributed by atoms with Crippen LogP contribution in [0.4, 0.5) is 5.95 Å². The first kappa shape index (κ1) is 21.5. The Kier molecular flexibility index (Phi) is 7.16. The summed E-state index contributed by atoms with van der Waals surface area (Å²) in [6, 6.07) is 10.4. The molecule has 0 fully saturated rings. The van der Waals surface area contributed by atoms with Crippen LogP contribution in [0.15, 0.2) is 55.0 Å². The van der Waals surface area contributed by atoms with E-state index < -0.39 is 6.04 Å². The first-order valence-corrected chi connectivity index (χ1v) is 9.91. The number of nitrogens with one attached hydrogen (secondary N) is 2. The summed E-state index contributed by atoms with van der Waals surface area (Å²) in [6.45, 7) is 3.65. The minimum absolute atomic E-state index is 0.00958. The number of aliphatic hydroxyl groups is 2. The maximum Gasteiger partial charge on any atom is 0.253 e. The normalized spacial score (nSPS) is 12.9. The van der Waals surface area contributed by atoms with Crippen molar-refractivity contribution in [3.8, 4) is 5.82 Å². The number of amides is 1. The third kappa shape index (κ3) is 5.03. The highest BCUT2D eigenvalue weighted by atomic mass is 16.3. The van der Waals surface area contributed by atoms with E-state index in [-0.39, 0.29) is 25.2 Å². The molecule has 0 aliphatic carbocycles. The van der Waals surface area contributed by atoms with Crippen molar-refractivity contribution in [1.82, 2.24) is 19.9 Å². The summed E-state index contributed by atoms with van der Waals surface area (Å²) in [5.74, 6) is 0.773. The lowest BCUT2D eigenvalue weighted by Gasteiger charge is -2.16. The third-order valence-corrected chi connectivity index (χ3v) is 4.88. The topological polar surface area (TPSA) is 112 Å². The van der Waals surface area contributed by atoms with Gasteiger partial charge in [0.2, 0.25) is 5.95 Å². The highest BCUT2D eigenvalue weighted by molar-refractivity contribution is 5.94. The van der Waals surface area contributed by atoms with Crippen LogP contribution in [0.25, 0.3) is 5.82 Å². The van der Waals surface area contributed by atoms with Gasteiger partial charge >= 0.3 is 0 Å². The van der Waals surface area contributed by atoms with Gasteiger partial charge in [0, 0.05) is 24.2 Å². The van der Waals surface area contributed by atoms with Crippen LogP contribution in [0, 0.1) is 6.92 Å². The molecule has 2 heterocycles. The van der Waals surface area contributed by atoms with Gasteiger partial charge in [-0.05, 0) is 25.0 Å². The number of benzene rings is 1. The minimum atomic E-state index is -0.483. The van der Waals surface area contributed by atoms with Gasteiger partial charge in [0.1, 0.15) is 5.82 Å². The maximum absolute atomic E-state index is 12.7. The lowest BCUT2D eigenvalue weighted by atomic mass is 10.1. The molecule has 30 heavy (non-hydrogen) atoms. The molecular weight excluding hydrogens is 382 g/mol. The summed E-state index contributed by atoms with van der Waals surface area (Å²) in [5.41, 5.74) is 2.14. The van der Waals surface area contributed by atoms with Gasteiger partial charge in [0.05, 0.1) is 30.9 Å². The molecule has 3 rings (SSSR count). The summed E-state index contributed by atoms with van der Waals surface area (Å²) in [5, 5.41) is 25.0. The summed E-state index contributed by atoms with van der Waals surface area (Å²) >= 11 is 0. The third-order valence-electron chi connectivity index (χ3n) is 4.88. The van der Waals surface area contributed by atoms with Crippen LogP contribution in [0.5, 0.6) is 0 Å². The van der Waals surface area contributed by atoms with Gasteiger partial charge in [-0.2, -0.15) is 4.98 Å². The Morgan fingerprint density at radius 2 is 1.93 bits per heavy atom. The molecule has 0 spiro atoms. The Morgan fingerprint density at radius 3 is 2.60 bits per heavy atom. The van der Waals surface area contributed by atoms with Crippen LogP contribution >= 0.6 is 0 Å². The predicted molar refractivity (Wildman–Crippen MR) is 115 cm³/mol. The molecule has 0 saturated carbocycles. The maximum atomic E-state index is 12.7. The van der Waals surface area contributed by atoms with E-state index >= 15 is 0 Å². The average Bonchev–Trinajstić information content (AvgIpc) is 3.27. The number of rotatable bonds is 9. The monoisotopic (exact) mass is 409 g/mol. The van der Waals surface area contributed by atoms with Crippen LogP contribution in [0.1, 0.15) is 40.9 Å². The van der Waals surface area contributed by atoms with Gasteiger partial charge in [-0.15, -0.1) is 0 Å². The molecule has 8 heteroatoms. The van der Waals surface area contributed by atoms with E-state index in [1.165, 1.54) is 0 Å².